The summed E-state index contributed by atoms with van der Waals surface area (Å²) in [6.07, 6.45) is 0. The number of hydrogen-bond acceptors (Lipinski definition) is 7. The molecule has 2 heterocycles. The molecule has 0 aliphatic carbocycles. The fraction of sp³-hybridized carbons (Fsp3) is 0.750. The average Bonchev–Trinajstić information content (AvgIpc) is 2.64. The number of carbonyl (C=O) groups excluding carboxylic acids is 3. The van der Waals surface area contributed by atoms with E-state index < -0.39 is 55.8 Å². The van der Waals surface area contributed by atoms with Gasteiger partial charge < -0.3 is 14.4 Å². The lowest BCUT2D eigenvalue weighted by atomic mass is 9.80. The van der Waals surface area contributed by atoms with E-state index in [9.17, 15) is 22.8 Å². The van der Waals surface area contributed by atoms with Crippen molar-refractivity contribution >= 4 is 39.3 Å². The second-order valence-electron chi connectivity index (χ2n) is 5.59. The van der Waals surface area contributed by atoms with Gasteiger partial charge in [-0.3, -0.25) is 9.59 Å². The first-order valence-corrected chi connectivity index (χ1v) is 8.68. The molecule has 2 aliphatic rings. The number of sulfone groups is 1. The molecule has 0 aromatic heterocycles. The molecule has 22 heavy (non-hydrogen) atoms. The van der Waals surface area contributed by atoms with E-state index in [1.807, 2.05) is 0 Å². The molecule has 0 aromatic rings. The van der Waals surface area contributed by atoms with Crippen molar-refractivity contribution in [1.82, 2.24) is 4.90 Å². The normalized spacial score (nSPS) is 33.6. The van der Waals surface area contributed by atoms with Gasteiger partial charge in [0.05, 0.1) is 5.75 Å². The number of β-lactam (4-membered cyclic amide) rings is 1. The maximum absolute atomic E-state index is 12.3. The molecule has 1 unspecified atom stereocenters. The summed E-state index contributed by atoms with van der Waals surface area (Å²) in [5.41, 5.74) is -2.32. The minimum Gasteiger partial charge on any atom is -0.465 e. The van der Waals surface area contributed by atoms with E-state index in [0.29, 0.717) is 0 Å². The van der Waals surface area contributed by atoms with Crippen LogP contribution in [-0.2, 0) is 33.7 Å². The zero-order valence-electron chi connectivity index (χ0n) is 12.2. The molecule has 0 N–H and O–H groups in total. The molecular formula is C12H16ClNO7S. The summed E-state index contributed by atoms with van der Waals surface area (Å²) in [6.45, 7) is 3.61. The largest absolute Gasteiger partial charge is 0.465 e. The molecule has 2 rings (SSSR count). The van der Waals surface area contributed by atoms with Crippen LogP contribution in [0.1, 0.15) is 20.8 Å². The zero-order chi connectivity index (χ0) is 16.9. The molecule has 0 aromatic carbocycles. The maximum Gasteiger partial charge on any atom is 0.331 e. The number of halogens is 1. The molecule has 0 saturated carbocycles. The van der Waals surface area contributed by atoms with E-state index in [0.717, 1.165) is 11.8 Å². The second-order valence-corrected chi connectivity index (χ2v) is 8.31. The van der Waals surface area contributed by atoms with Crippen LogP contribution in [0.5, 0.6) is 0 Å². The number of carbonyl (C=O) groups is 3. The van der Waals surface area contributed by atoms with Gasteiger partial charge in [-0.05, 0) is 13.8 Å². The molecular weight excluding hydrogens is 338 g/mol. The number of nitrogens with zero attached hydrogens (tertiary/aromatic N) is 1. The number of hydrogen-bond donors (Lipinski definition) is 0. The van der Waals surface area contributed by atoms with E-state index in [2.05, 4.69) is 0 Å². The number of esters is 2. The molecule has 124 valence electrons. The topological polar surface area (TPSA) is 107 Å². The second kappa shape index (κ2) is 5.38. The summed E-state index contributed by atoms with van der Waals surface area (Å²) >= 11 is 5.55. The Labute approximate surface area is 132 Å². The van der Waals surface area contributed by atoms with E-state index in [-0.39, 0.29) is 6.61 Å². The monoisotopic (exact) mass is 353 g/mol. The Morgan fingerprint density at radius 2 is 2.09 bits per heavy atom. The number of rotatable bonds is 4. The van der Waals surface area contributed by atoms with Crippen LogP contribution in [0.25, 0.3) is 0 Å². The number of amides is 1. The quantitative estimate of drug-likeness (QED) is 0.386. The van der Waals surface area contributed by atoms with Crippen molar-refractivity contribution in [3.05, 3.63) is 0 Å². The lowest BCUT2D eigenvalue weighted by Gasteiger charge is -2.50. The highest BCUT2D eigenvalue weighted by Gasteiger charge is 2.71. The molecule has 4 atom stereocenters. The Balaban J connectivity index is 2.25. The lowest BCUT2D eigenvalue weighted by molar-refractivity contribution is -0.180. The highest BCUT2D eigenvalue weighted by Crippen LogP contribution is 2.48. The fourth-order valence-corrected chi connectivity index (χ4v) is 5.38. The van der Waals surface area contributed by atoms with Crippen molar-refractivity contribution < 1.29 is 32.3 Å². The SMILES string of the molecule is CC(=O)OC[C@]1(C)C(=O)N2[C@@H](C(=O)OC(C)Cl)CS(=O)(=O)[C@@H]21. The molecule has 10 heteroatoms. The van der Waals surface area contributed by atoms with E-state index in [1.54, 1.807) is 0 Å². The van der Waals surface area contributed by atoms with E-state index in [1.165, 1.54) is 13.8 Å². The molecule has 1 amide bonds. The first-order valence-electron chi connectivity index (χ1n) is 6.53. The van der Waals surface area contributed by atoms with Gasteiger partial charge in [-0.25, -0.2) is 13.2 Å². The van der Waals surface area contributed by atoms with Gasteiger partial charge >= 0.3 is 11.9 Å². The van der Waals surface area contributed by atoms with Gasteiger partial charge in [-0.2, -0.15) is 0 Å². The lowest BCUT2D eigenvalue weighted by Crippen LogP contribution is -2.71. The van der Waals surface area contributed by atoms with E-state index in [4.69, 9.17) is 21.1 Å². The summed E-state index contributed by atoms with van der Waals surface area (Å²) in [5, 5.41) is -1.20. The van der Waals surface area contributed by atoms with Crippen LogP contribution >= 0.6 is 11.6 Å². The third-order valence-electron chi connectivity index (χ3n) is 3.71. The van der Waals surface area contributed by atoms with Gasteiger partial charge in [0, 0.05) is 6.92 Å². The van der Waals surface area contributed by atoms with Crippen molar-refractivity contribution in [2.45, 2.75) is 37.8 Å². The molecule has 2 aliphatic heterocycles. The first-order chi connectivity index (χ1) is 10.0. The third-order valence-corrected chi connectivity index (χ3v) is 6.01. The van der Waals surface area contributed by atoms with Crippen molar-refractivity contribution in [3.63, 3.8) is 0 Å². The number of alkyl halides is 1. The van der Waals surface area contributed by atoms with Gasteiger partial charge in [-0.1, -0.05) is 11.6 Å². The summed E-state index contributed by atoms with van der Waals surface area (Å²) in [6, 6.07) is -1.21. The Morgan fingerprint density at radius 3 is 2.59 bits per heavy atom. The molecule has 2 saturated heterocycles. The first kappa shape index (κ1) is 17.0. The van der Waals surface area contributed by atoms with Crippen molar-refractivity contribution in [2.75, 3.05) is 12.4 Å². The average molecular weight is 354 g/mol. The standard InChI is InChI=1S/C12H16ClNO7S/c1-6(13)21-9(16)8-4-22(18,19)11-12(3,5-20-7(2)15)10(17)14(8)11/h6,8,11H,4-5H2,1-3H3/t6?,8-,11-,12-/m1/s1. The smallest absolute Gasteiger partial charge is 0.331 e. The van der Waals surface area contributed by atoms with Gasteiger partial charge in [-0.15, -0.1) is 0 Å². The Bertz CT molecular complexity index is 631. The minimum atomic E-state index is -3.74. The molecule has 2 fully saturated rings. The Hall–Kier alpha value is -1.35. The van der Waals surface area contributed by atoms with Crippen LogP contribution in [0.15, 0.2) is 0 Å². The van der Waals surface area contributed by atoms with E-state index >= 15 is 0 Å². The molecule has 0 spiro atoms. The highest BCUT2D eigenvalue weighted by atomic mass is 35.5. The minimum absolute atomic E-state index is 0.352. The predicted molar refractivity (Wildman–Crippen MR) is 74.4 cm³/mol. The Kier molecular flexibility index (Phi) is 4.16. The summed E-state index contributed by atoms with van der Waals surface area (Å²) < 4.78 is 34.1. The van der Waals surface area contributed by atoms with Gasteiger partial charge in [0.15, 0.2) is 20.8 Å². The summed E-state index contributed by atoms with van der Waals surface area (Å²) in [7, 11) is -3.74. The van der Waals surface area contributed by atoms with Crippen LogP contribution in [0, 0.1) is 5.41 Å². The highest BCUT2D eigenvalue weighted by molar-refractivity contribution is 7.92. The van der Waals surface area contributed by atoms with Gasteiger partial charge in [0.1, 0.15) is 18.1 Å². The van der Waals surface area contributed by atoms with Crippen LogP contribution < -0.4 is 0 Å². The van der Waals surface area contributed by atoms with Crippen LogP contribution in [0.2, 0.25) is 0 Å². The van der Waals surface area contributed by atoms with Gasteiger partial charge in [0.2, 0.25) is 5.91 Å². The molecule has 0 radical (unpaired) electrons. The molecule has 8 nitrogen and oxygen atoms in total. The summed E-state index contributed by atoms with van der Waals surface area (Å²) in [4.78, 5) is 36.1. The van der Waals surface area contributed by atoms with Crippen LogP contribution in [-0.4, -0.2) is 60.5 Å². The van der Waals surface area contributed by atoms with Crippen molar-refractivity contribution in [1.29, 1.82) is 0 Å². The van der Waals surface area contributed by atoms with Gasteiger partial charge in [0.25, 0.3) is 0 Å². The number of fused-ring (bicyclic) bond motifs is 1. The van der Waals surface area contributed by atoms with Crippen molar-refractivity contribution in [2.24, 2.45) is 5.41 Å². The fourth-order valence-electron chi connectivity index (χ4n) is 2.82. The third kappa shape index (κ3) is 2.56. The number of ether oxygens (including phenoxy) is 2. The van der Waals surface area contributed by atoms with Crippen LogP contribution in [0.4, 0.5) is 0 Å². The molecule has 0 bridgehead atoms. The summed E-state index contributed by atoms with van der Waals surface area (Å²) in [5.74, 6) is -2.57. The Morgan fingerprint density at radius 1 is 1.50 bits per heavy atom. The van der Waals surface area contributed by atoms with Crippen LogP contribution in [0.3, 0.4) is 0 Å². The maximum atomic E-state index is 12.3. The predicted octanol–water partition coefficient (Wildman–Crippen LogP) is -0.351. The van der Waals surface area contributed by atoms with Crippen molar-refractivity contribution in [3.8, 4) is 0 Å². The zero-order valence-corrected chi connectivity index (χ0v) is 13.8.